The van der Waals surface area contributed by atoms with E-state index in [9.17, 15) is 23.2 Å². The highest BCUT2D eigenvalue weighted by Crippen LogP contribution is 2.41. The second-order valence-electron chi connectivity index (χ2n) is 9.68. The Kier molecular flexibility index (Phi) is 6.78. The lowest BCUT2D eigenvalue weighted by atomic mass is 9.80. The minimum Gasteiger partial charge on any atom is -0.473 e. The highest BCUT2D eigenvalue weighted by Gasteiger charge is 2.41. The summed E-state index contributed by atoms with van der Waals surface area (Å²) in [6, 6.07) is 13.0. The van der Waals surface area contributed by atoms with E-state index in [0.717, 1.165) is 50.2 Å². The Hall–Kier alpha value is -4.00. The molecule has 10 heteroatoms. The molecule has 2 aliphatic heterocycles. The van der Waals surface area contributed by atoms with Gasteiger partial charge in [0.2, 0.25) is 5.88 Å². The first kappa shape index (κ1) is 25.6. The van der Waals surface area contributed by atoms with Crippen molar-refractivity contribution < 1.29 is 22.6 Å². The molecule has 0 N–H and O–H groups in total. The lowest BCUT2D eigenvalue weighted by Gasteiger charge is -2.52. The Bertz CT molecular complexity index is 1450. The van der Waals surface area contributed by atoms with Crippen molar-refractivity contribution in [2.24, 2.45) is 0 Å². The first-order valence-corrected chi connectivity index (χ1v) is 12.6. The minimum atomic E-state index is -4.50. The van der Waals surface area contributed by atoms with E-state index in [4.69, 9.17) is 9.47 Å². The summed E-state index contributed by atoms with van der Waals surface area (Å²) in [5, 5.41) is 9.60. The Morgan fingerprint density at radius 1 is 1.11 bits per heavy atom. The Labute approximate surface area is 218 Å². The molecule has 0 radical (unpaired) electrons. The molecule has 0 spiro atoms. The van der Waals surface area contributed by atoms with Gasteiger partial charge in [-0.05, 0) is 68.0 Å². The molecule has 1 unspecified atom stereocenters. The molecule has 0 amide bonds. The van der Waals surface area contributed by atoms with E-state index in [2.05, 4.69) is 16.8 Å². The number of hydrogen-bond acceptors (Lipinski definition) is 6. The van der Waals surface area contributed by atoms with Crippen LogP contribution < -0.4 is 20.1 Å². The van der Waals surface area contributed by atoms with Crippen LogP contribution in [0.2, 0.25) is 0 Å². The van der Waals surface area contributed by atoms with Gasteiger partial charge in [0.1, 0.15) is 30.0 Å². The van der Waals surface area contributed by atoms with Crippen molar-refractivity contribution in [1.29, 1.82) is 5.26 Å². The second-order valence-corrected chi connectivity index (χ2v) is 9.68. The number of halogens is 3. The van der Waals surface area contributed by atoms with Crippen LogP contribution in [0.4, 0.5) is 19.0 Å². The smallest absolute Gasteiger partial charge is 0.416 e. The van der Waals surface area contributed by atoms with E-state index in [0.29, 0.717) is 12.1 Å². The molecule has 1 aromatic heterocycles. The number of ether oxygens (including phenoxy) is 2. The quantitative estimate of drug-likeness (QED) is 0.391. The molecule has 0 aliphatic carbocycles. The largest absolute Gasteiger partial charge is 0.473 e. The predicted octanol–water partition coefficient (Wildman–Crippen LogP) is 6.05. The van der Waals surface area contributed by atoms with Crippen LogP contribution in [0.1, 0.15) is 55.7 Å². The van der Waals surface area contributed by atoms with Crippen LogP contribution in [0, 0.1) is 11.3 Å². The van der Waals surface area contributed by atoms with E-state index in [1.54, 1.807) is 16.7 Å². The van der Waals surface area contributed by atoms with Gasteiger partial charge in [0.25, 0.3) is 0 Å². The number of alkyl halides is 3. The number of nitrogens with zero attached hydrogens (tertiary/aromatic N) is 4. The van der Waals surface area contributed by atoms with Crippen LogP contribution in [0.5, 0.6) is 17.4 Å². The van der Waals surface area contributed by atoms with Gasteiger partial charge >= 0.3 is 11.9 Å². The SMILES string of the molecule is CCC12CCCCN1c1cc(OCc3ccc(Oc4cccc(C(F)(F)F)c4)c(C#N)c3)nc(=O)n1CC2. The third-order valence-corrected chi connectivity index (χ3v) is 7.49. The molecule has 198 valence electrons. The number of benzene rings is 2. The first-order chi connectivity index (χ1) is 18.2. The maximum Gasteiger partial charge on any atom is 0.416 e. The fraction of sp³-hybridized carbons (Fsp3) is 0.393. The normalized spacial score (nSPS) is 18.8. The van der Waals surface area contributed by atoms with E-state index >= 15 is 0 Å². The third-order valence-electron chi connectivity index (χ3n) is 7.49. The van der Waals surface area contributed by atoms with E-state index in [1.807, 2.05) is 12.1 Å². The number of nitriles is 1. The molecule has 3 aromatic rings. The molecule has 3 heterocycles. The summed E-state index contributed by atoms with van der Waals surface area (Å²) in [5.74, 6) is 1.14. The van der Waals surface area contributed by atoms with Crippen LogP contribution in [0.25, 0.3) is 0 Å². The van der Waals surface area contributed by atoms with Crippen molar-refractivity contribution in [2.45, 2.75) is 63.9 Å². The molecular formula is C28H27F3N4O3. The monoisotopic (exact) mass is 524 g/mol. The summed E-state index contributed by atoms with van der Waals surface area (Å²) >= 11 is 0. The van der Waals surface area contributed by atoms with Gasteiger partial charge in [-0.25, -0.2) is 4.79 Å². The highest BCUT2D eigenvalue weighted by atomic mass is 19.4. The number of hydrogen-bond donors (Lipinski definition) is 0. The van der Waals surface area contributed by atoms with Gasteiger partial charge in [0.15, 0.2) is 0 Å². The molecule has 5 rings (SSSR count). The highest BCUT2D eigenvalue weighted by molar-refractivity contribution is 5.49. The van der Waals surface area contributed by atoms with Crippen LogP contribution in [-0.4, -0.2) is 21.6 Å². The molecule has 7 nitrogen and oxygen atoms in total. The van der Waals surface area contributed by atoms with Crippen molar-refractivity contribution in [3.8, 4) is 23.4 Å². The molecule has 1 atom stereocenters. The van der Waals surface area contributed by atoms with Gasteiger partial charge < -0.3 is 14.4 Å². The maximum atomic E-state index is 13.0. The average Bonchev–Trinajstić information content (AvgIpc) is 2.92. The zero-order chi connectivity index (χ0) is 26.9. The number of piperidine rings is 1. The third kappa shape index (κ3) is 4.93. The van der Waals surface area contributed by atoms with Crippen LogP contribution >= 0.6 is 0 Å². The van der Waals surface area contributed by atoms with E-state index < -0.39 is 11.7 Å². The van der Waals surface area contributed by atoms with Crippen molar-refractivity contribution in [3.63, 3.8) is 0 Å². The maximum absolute atomic E-state index is 13.0. The fourth-order valence-corrected chi connectivity index (χ4v) is 5.42. The van der Waals surface area contributed by atoms with Crippen molar-refractivity contribution in [2.75, 3.05) is 11.4 Å². The zero-order valence-corrected chi connectivity index (χ0v) is 20.9. The van der Waals surface area contributed by atoms with Gasteiger partial charge in [-0.2, -0.15) is 23.4 Å². The summed E-state index contributed by atoms with van der Waals surface area (Å²) in [4.78, 5) is 19.2. The van der Waals surface area contributed by atoms with Gasteiger partial charge in [-0.1, -0.05) is 19.1 Å². The van der Waals surface area contributed by atoms with Gasteiger partial charge in [0, 0.05) is 24.7 Å². The topological polar surface area (TPSA) is 80.4 Å². The van der Waals surface area contributed by atoms with Gasteiger partial charge in [-0.15, -0.1) is 0 Å². The summed E-state index contributed by atoms with van der Waals surface area (Å²) in [6.07, 6.45) is 0.771. The standard InChI is InChI=1S/C28H27F3N4O3/c1-2-27-10-3-4-12-35(27)25-16-24(33-26(36)34(25)13-11-27)37-18-19-8-9-23(20(14-19)17-32)38-22-7-5-6-21(15-22)28(29,30)31/h5-9,14-16H,2-4,10-13,18H2,1H3. The second kappa shape index (κ2) is 10.0. The van der Waals surface area contributed by atoms with Crippen molar-refractivity contribution in [3.05, 3.63) is 75.7 Å². The molecular weight excluding hydrogens is 497 g/mol. The zero-order valence-electron chi connectivity index (χ0n) is 20.9. The first-order valence-electron chi connectivity index (χ1n) is 12.6. The van der Waals surface area contributed by atoms with Crippen LogP contribution in [0.15, 0.2) is 53.3 Å². The van der Waals surface area contributed by atoms with Crippen molar-refractivity contribution in [1.82, 2.24) is 9.55 Å². The van der Waals surface area contributed by atoms with Crippen LogP contribution in [0.3, 0.4) is 0 Å². The van der Waals surface area contributed by atoms with E-state index in [1.165, 1.54) is 24.6 Å². The van der Waals surface area contributed by atoms with Crippen LogP contribution in [-0.2, 0) is 19.3 Å². The van der Waals surface area contributed by atoms with Gasteiger partial charge in [-0.3, -0.25) is 4.57 Å². The molecule has 38 heavy (non-hydrogen) atoms. The molecule has 2 aliphatic rings. The number of anilines is 1. The summed E-state index contributed by atoms with van der Waals surface area (Å²) in [5.41, 5.74) is -0.370. The Morgan fingerprint density at radius 3 is 2.71 bits per heavy atom. The lowest BCUT2D eigenvalue weighted by Crippen LogP contribution is -2.57. The minimum absolute atomic E-state index is 0.0278. The summed E-state index contributed by atoms with van der Waals surface area (Å²) in [6.45, 7) is 3.76. The fourth-order valence-electron chi connectivity index (χ4n) is 5.42. The molecule has 0 bridgehead atoms. The number of aromatic nitrogens is 2. The number of fused-ring (bicyclic) bond motifs is 3. The summed E-state index contributed by atoms with van der Waals surface area (Å²) < 4.78 is 52.2. The molecule has 1 fully saturated rings. The lowest BCUT2D eigenvalue weighted by molar-refractivity contribution is -0.137. The Balaban J connectivity index is 1.34. The predicted molar refractivity (Wildman–Crippen MR) is 134 cm³/mol. The molecule has 2 aromatic carbocycles. The Morgan fingerprint density at radius 2 is 1.95 bits per heavy atom. The van der Waals surface area contributed by atoms with Crippen molar-refractivity contribution >= 4 is 5.82 Å². The van der Waals surface area contributed by atoms with Gasteiger partial charge in [0.05, 0.1) is 11.1 Å². The number of rotatable bonds is 6. The molecule has 0 saturated carbocycles. The molecule has 1 saturated heterocycles. The summed E-state index contributed by atoms with van der Waals surface area (Å²) in [7, 11) is 0. The average molecular weight is 525 g/mol. The van der Waals surface area contributed by atoms with E-state index in [-0.39, 0.29) is 40.8 Å².